The van der Waals surface area contributed by atoms with Gasteiger partial charge in [-0.25, -0.2) is 10.4 Å². The minimum Gasteiger partial charge on any atom is -0.496 e. The number of hydrogen-bond acceptors (Lipinski definition) is 7. The molecular weight excluding hydrogens is 338 g/mol. The fourth-order valence-corrected chi connectivity index (χ4v) is 2.55. The summed E-state index contributed by atoms with van der Waals surface area (Å²) in [7, 11) is 4.70. The van der Waals surface area contributed by atoms with Crippen LogP contribution in [0.3, 0.4) is 0 Å². The third-order valence-corrected chi connectivity index (χ3v) is 3.88. The summed E-state index contributed by atoms with van der Waals surface area (Å²) in [5.74, 6) is 1.07. The van der Waals surface area contributed by atoms with Crippen LogP contribution in [-0.2, 0) is 7.05 Å². The van der Waals surface area contributed by atoms with Crippen LogP contribution in [0.25, 0.3) is 11.0 Å². The second-order valence-electron chi connectivity index (χ2n) is 5.38. The lowest BCUT2D eigenvalue weighted by Crippen LogP contribution is -2.01. The number of ether oxygens (including phenoxy) is 2. The maximum absolute atomic E-state index is 11.2. The Labute approximate surface area is 149 Å². The van der Waals surface area contributed by atoms with E-state index >= 15 is 0 Å². The van der Waals surface area contributed by atoms with Crippen molar-refractivity contribution < 1.29 is 14.4 Å². The smallest absolute Gasteiger partial charge is 0.311 e. The van der Waals surface area contributed by atoms with E-state index in [1.807, 2.05) is 35.9 Å². The molecule has 0 saturated carbocycles. The molecule has 0 aliphatic carbocycles. The first-order chi connectivity index (χ1) is 12.5. The highest BCUT2D eigenvalue weighted by Gasteiger charge is 2.18. The van der Waals surface area contributed by atoms with Crippen LogP contribution in [0.1, 0.15) is 5.56 Å². The van der Waals surface area contributed by atoms with Gasteiger partial charge in [0, 0.05) is 24.7 Å². The van der Waals surface area contributed by atoms with Gasteiger partial charge < -0.3 is 14.0 Å². The highest BCUT2D eigenvalue weighted by molar-refractivity contribution is 5.86. The first-order valence-corrected chi connectivity index (χ1v) is 7.66. The molecule has 0 atom stereocenters. The lowest BCUT2D eigenvalue weighted by Gasteiger charge is -2.08. The number of imidazole rings is 1. The summed E-state index contributed by atoms with van der Waals surface area (Å²) < 4.78 is 12.1. The van der Waals surface area contributed by atoms with Crippen molar-refractivity contribution in [3.63, 3.8) is 0 Å². The van der Waals surface area contributed by atoms with Crippen LogP contribution in [0.15, 0.2) is 41.5 Å². The fraction of sp³-hybridized carbons (Fsp3) is 0.176. The molecule has 9 heteroatoms. The van der Waals surface area contributed by atoms with Crippen LogP contribution < -0.4 is 14.9 Å². The largest absolute Gasteiger partial charge is 0.496 e. The van der Waals surface area contributed by atoms with Gasteiger partial charge in [0.2, 0.25) is 11.7 Å². The summed E-state index contributed by atoms with van der Waals surface area (Å²) in [5, 5.41) is 15.3. The zero-order chi connectivity index (χ0) is 18.7. The first kappa shape index (κ1) is 17.2. The molecule has 134 valence electrons. The maximum Gasteiger partial charge on any atom is 0.311 e. The van der Waals surface area contributed by atoms with E-state index in [0.29, 0.717) is 17.3 Å². The number of rotatable bonds is 6. The number of methoxy groups -OCH3 is 2. The molecule has 1 aromatic heterocycles. The van der Waals surface area contributed by atoms with Crippen LogP contribution >= 0.6 is 0 Å². The quantitative estimate of drug-likeness (QED) is 0.414. The summed E-state index contributed by atoms with van der Waals surface area (Å²) in [4.78, 5) is 15.1. The molecule has 3 rings (SSSR count). The number of benzene rings is 2. The van der Waals surface area contributed by atoms with E-state index in [2.05, 4.69) is 15.5 Å². The summed E-state index contributed by atoms with van der Waals surface area (Å²) in [6, 6.07) is 10.5. The van der Waals surface area contributed by atoms with Gasteiger partial charge >= 0.3 is 5.69 Å². The minimum atomic E-state index is -0.519. The number of nitro benzene ring substituents is 1. The van der Waals surface area contributed by atoms with Crippen LogP contribution in [0.4, 0.5) is 11.6 Å². The van der Waals surface area contributed by atoms with E-state index in [9.17, 15) is 10.1 Å². The van der Waals surface area contributed by atoms with Crippen molar-refractivity contribution in [1.82, 2.24) is 9.55 Å². The molecule has 0 amide bonds. The van der Waals surface area contributed by atoms with E-state index in [4.69, 9.17) is 9.47 Å². The number of hydrogen-bond donors (Lipinski definition) is 1. The highest BCUT2D eigenvalue weighted by atomic mass is 16.6. The third-order valence-electron chi connectivity index (χ3n) is 3.88. The van der Waals surface area contributed by atoms with Gasteiger partial charge in [0.15, 0.2) is 0 Å². The Morgan fingerprint density at radius 1 is 1.23 bits per heavy atom. The lowest BCUT2D eigenvalue weighted by atomic mass is 10.1. The van der Waals surface area contributed by atoms with Crippen LogP contribution in [0.5, 0.6) is 11.5 Å². The molecule has 0 saturated heterocycles. The van der Waals surface area contributed by atoms with Gasteiger partial charge in [-0.05, 0) is 12.1 Å². The third kappa shape index (κ3) is 3.14. The van der Waals surface area contributed by atoms with Gasteiger partial charge in [-0.2, -0.15) is 5.10 Å². The Balaban J connectivity index is 1.90. The van der Waals surface area contributed by atoms with Gasteiger partial charge in [-0.1, -0.05) is 12.1 Å². The summed E-state index contributed by atoms with van der Waals surface area (Å²) in [5.41, 5.74) is 4.91. The van der Waals surface area contributed by atoms with Crippen molar-refractivity contribution in [2.24, 2.45) is 12.1 Å². The second-order valence-corrected chi connectivity index (χ2v) is 5.38. The Morgan fingerprint density at radius 2 is 1.96 bits per heavy atom. The van der Waals surface area contributed by atoms with Crippen LogP contribution in [-0.4, -0.2) is 34.9 Å². The number of hydrazone groups is 1. The predicted molar refractivity (Wildman–Crippen MR) is 98.1 cm³/mol. The number of aromatic nitrogens is 2. The average molecular weight is 355 g/mol. The Bertz CT molecular complexity index is 996. The summed E-state index contributed by atoms with van der Waals surface area (Å²) >= 11 is 0. The van der Waals surface area contributed by atoms with E-state index in [1.54, 1.807) is 0 Å². The Hall–Kier alpha value is -3.62. The standard InChI is InChI=1S/C17H17N5O4/c1-21-13-7-5-4-6-12(13)19-17(21)20-18-10-11-8-14(22(23)24)16(26-3)9-15(11)25-2/h4-10H,1-3H3,(H,19,20)/b18-10-. The molecule has 1 N–H and O–H groups in total. The lowest BCUT2D eigenvalue weighted by molar-refractivity contribution is -0.385. The van der Waals surface area contributed by atoms with Gasteiger partial charge in [-0.3, -0.25) is 10.1 Å². The molecule has 9 nitrogen and oxygen atoms in total. The van der Waals surface area contributed by atoms with Crippen molar-refractivity contribution in [3.05, 3.63) is 52.1 Å². The average Bonchev–Trinajstić information content (AvgIpc) is 2.97. The maximum atomic E-state index is 11.2. The zero-order valence-electron chi connectivity index (χ0n) is 14.5. The normalized spacial score (nSPS) is 11.0. The molecule has 2 aromatic carbocycles. The van der Waals surface area contributed by atoms with Crippen molar-refractivity contribution in [3.8, 4) is 11.5 Å². The Kier molecular flexibility index (Phi) is 4.70. The molecule has 0 unspecified atom stereocenters. The van der Waals surface area contributed by atoms with E-state index in [-0.39, 0.29) is 11.4 Å². The van der Waals surface area contributed by atoms with E-state index in [1.165, 1.54) is 32.6 Å². The Morgan fingerprint density at radius 3 is 2.62 bits per heavy atom. The number of nitrogens with zero attached hydrogens (tertiary/aromatic N) is 4. The molecule has 1 heterocycles. The highest BCUT2D eigenvalue weighted by Crippen LogP contribution is 2.33. The van der Waals surface area contributed by atoms with E-state index < -0.39 is 4.92 Å². The van der Waals surface area contributed by atoms with Gasteiger partial charge in [-0.15, -0.1) is 0 Å². The number of para-hydroxylation sites is 2. The fourth-order valence-electron chi connectivity index (χ4n) is 2.55. The molecule has 0 aliphatic rings. The number of nitro groups is 1. The second kappa shape index (κ2) is 7.09. The number of aryl methyl sites for hydroxylation is 1. The van der Waals surface area contributed by atoms with Crippen molar-refractivity contribution in [2.45, 2.75) is 0 Å². The van der Waals surface area contributed by atoms with Crippen molar-refractivity contribution in [2.75, 3.05) is 19.6 Å². The molecule has 0 radical (unpaired) electrons. The van der Waals surface area contributed by atoms with Crippen molar-refractivity contribution in [1.29, 1.82) is 0 Å². The number of fused-ring (bicyclic) bond motifs is 1. The molecular formula is C17H17N5O4. The number of anilines is 1. The van der Waals surface area contributed by atoms with Gasteiger partial charge in [0.25, 0.3) is 0 Å². The predicted octanol–water partition coefficient (Wildman–Crippen LogP) is 2.94. The van der Waals surface area contributed by atoms with Crippen LogP contribution in [0.2, 0.25) is 0 Å². The molecule has 0 bridgehead atoms. The zero-order valence-corrected chi connectivity index (χ0v) is 14.5. The molecule has 26 heavy (non-hydrogen) atoms. The SMILES string of the molecule is COc1cc(OC)c([N+](=O)[O-])cc1/C=N\Nc1nc2ccccc2n1C. The molecule has 3 aromatic rings. The monoisotopic (exact) mass is 355 g/mol. The minimum absolute atomic E-state index is 0.118. The van der Waals surface area contributed by atoms with E-state index in [0.717, 1.165) is 11.0 Å². The van der Waals surface area contributed by atoms with Gasteiger partial charge in [0.1, 0.15) is 5.75 Å². The summed E-state index contributed by atoms with van der Waals surface area (Å²) in [6.07, 6.45) is 1.44. The molecule has 0 spiro atoms. The first-order valence-electron chi connectivity index (χ1n) is 7.66. The molecule has 0 fully saturated rings. The van der Waals surface area contributed by atoms with Crippen LogP contribution in [0, 0.1) is 10.1 Å². The number of nitrogens with one attached hydrogen (secondary N) is 1. The topological polar surface area (TPSA) is 104 Å². The summed E-state index contributed by atoms with van der Waals surface area (Å²) in [6.45, 7) is 0. The van der Waals surface area contributed by atoms with Gasteiger partial charge in [0.05, 0.1) is 36.4 Å². The molecule has 0 aliphatic heterocycles. The van der Waals surface area contributed by atoms with Crippen molar-refractivity contribution >= 4 is 28.9 Å².